The molecular weight excluding hydrogens is 370 g/mol. The first-order valence-corrected chi connectivity index (χ1v) is 10.8. The number of hydrogen-bond donors (Lipinski definition) is 1. The maximum Gasteiger partial charge on any atom is 0.306 e. The zero-order valence-corrected chi connectivity index (χ0v) is 16.5. The maximum absolute atomic E-state index is 11.3. The Bertz CT molecular complexity index is 1020. The lowest BCUT2D eigenvalue weighted by Gasteiger charge is -2.31. The van der Waals surface area contributed by atoms with Gasteiger partial charge in [-0.2, -0.15) is 0 Å². The molecule has 0 bridgehead atoms. The first-order chi connectivity index (χ1) is 13.7. The van der Waals surface area contributed by atoms with Crippen molar-refractivity contribution in [1.29, 1.82) is 0 Å². The number of carboxylic acid groups (broad SMARTS) is 1. The fourth-order valence-electron chi connectivity index (χ4n) is 4.44. The fraction of sp³-hybridized carbons (Fsp3) is 0.409. The van der Waals surface area contributed by atoms with Gasteiger partial charge in [-0.3, -0.25) is 4.79 Å². The molecule has 1 aliphatic heterocycles. The predicted molar refractivity (Wildman–Crippen MR) is 111 cm³/mol. The van der Waals surface area contributed by atoms with Gasteiger partial charge in [-0.1, -0.05) is 30.3 Å². The van der Waals surface area contributed by atoms with Crippen LogP contribution in [0.25, 0.3) is 10.2 Å². The summed E-state index contributed by atoms with van der Waals surface area (Å²) < 4.78 is 0. The van der Waals surface area contributed by atoms with Gasteiger partial charge < -0.3 is 10.0 Å². The Morgan fingerprint density at radius 3 is 2.68 bits per heavy atom. The van der Waals surface area contributed by atoms with E-state index in [1.807, 2.05) is 29.5 Å². The number of carboxylic acids is 1. The number of carbonyl (C=O) groups is 1. The van der Waals surface area contributed by atoms with Gasteiger partial charge in [0, 0.05) is 24.4 Å². The molecule has 3 aromatic rings. The molecule has 144 valence electrons. The summed E-state index contributed by atoms with van der Waals surface area (Å²) in [5, 5.41) is 10.6. The van der Waals surface area contributed by atoms with Crippen molar-refractivity contribution in [1.82, 2.24) is 9.97 Å². The molecule has 0 spiro atoms. The molecule has 1 aromatic carbocycles. The van der Waals surface area contributed by atoms with E-state index in [-0.39, 0.29) is 5.92 Å². The number of thiophene rings is 1. The van der Waals surface area contributed by atoms with E-state index in [0.717, 1.165) is 48.8 Å². The third-order valence-corrected chi connectivity index (χ3v) is 7.13. The molecule has 0 saturated carbocycles. The molecule has 28 heavy (non-hydrogen) atoms. The fourth-order valence-corrected chi connectivity index (χ4v) is 5.72. The highest BCUT2D eigenvalue weighted by atomic mass is 32.1. The molecule has 0 unspecified atom stereocenters. The van der Waals surface area contributed by atoms with Gasteiger partial charge in [-0.15, -0.1) is 11.3 Å². The molecule has 1 aliphatic carbocycles. The van der Waals surface area contributed by atoms with Crippen molar-refractivity contribution in [3.05, 3.63) is 52.2 Å². The van der Waals surface area contributed by atoms with Crippen LogP contribution in [0.1, 0.15) is 41.1 Å². The van der Waals surface area contributed by atoms with E-state index in [1.54, 1.807) is 0 Å². The zero-order valence-electron chi connectivity index (χ0n) is 15.7. The van der Waals surface area contributed by atoms with Crippen LogP contribution in [0.4, 0.5) is 5.82 Å². The number of fused-ring (bicyclic) bond motifs is 3. The molecule has 1 fully saturated rings. The van der Waals surface area contributed by atoms with Crippen molar-refractivity contribution in [2.24, 2.45) is 5.92 Å². The van der Waals surface area contributed by atoms with Gasteiger partial charge in [0.05, 0.1) is 11.3 Å². The number of benzene rings is 1. The number of nitrogens with zero attached hydrogens (tertiary/aromatic N) is 3. The summed E-state index contributed by atoms with van der Waals surface area (Å²) in [6, 6.07) is 10.3. The van der Waals surface area contributed by atoms with Crippen molar-refractivity contribution in [2.75, 3.05) is 18.0 Å². The van der Waals surface area contributed by atoms with Gasteiger partial charge in [-0.05, 0) is 43.2 Å². The van der Waals surface area contributed by atoms with Crippen molar-refractivity contribution in [2.45, 2.75) is 38.5 Å². The Morgan fingerprint density at radius 2 is 1.93 bits per heavy atom. The highest BCUT2D eigenvalue weighted by Gasteiger charge is 2.29. The zero-order chi connectivity index (χ0) is 19.1. The maximum atomic E-state index is 11.3. The summed E-state index contributed by atoms with van der Waals surface area (Å²) in [6.45, 7) is 1.50. The minimum Gasteiger partial charge on any atom is -0.481 e. The quantitative estimate of drug-likeness (QED) is 0.724. The van der Waals surface area contributed by atoms with Crippen molar-refractivity contribution >= 4 is 33.3 Å². The molecule has 0 atom stereocenters. The second-order valence-electron chi connectivity index (χ2n) is 7.76. The Balaban J connectivity index is 1.54. The SMILES string of the molecule is O=C(O)C1CCN(c2nc(Cc3ccccc3)nc3sc4c(c23)CCC4)CC1. The van der Waals surface area contributed by atoms with E-state index in [1.165, 1.54) is 27.8 Å². The van der Waals surface area contributed by atoms with Crippen LogP contribution in [0.15, 0.2) is 30.3 Å². The minimum atomic E-state index is -0.673. The summed E-state index contributed by atoms with van der Waals surface area (Å²) in [5.41, 5.74) is 2.64. The topological polar surface area (TPSA) is 66.3 Å². The Labute approximate surface area is 168 Å². The van der Waals surface area contributed by atoms with E-state index in [4.69, 9.17) is 9.97 Å². The standard InChI is InChI=1S/C22H23N3O2S/c26-22(27)15-9-11-25(12-10-15)20-19-16-7-4-8-17(16)28-21(19)24-18(23-20)13-14-5-2-1-3-6-14/h1-3,5-6,15H,4,7-13H2,(H,26,27). The van der Waals surface area contributed by atoms with Crippen LogP contribution in [-0.4, -0.2) is 34.1 Å². The molecular formula is C22H23N3O2S. The summed E-state index contributed by atoms with van der Waals surface area (Å²) >= 11 is 1.82. The Kier molecular flexibility index (Phi) is 4.51. The van der Waals surface area contributed by atoms with Gasteiger partial charge in [0.1, 0.15) is 16.5 Å². The third-order valence-electron chi connectivity index (χ3n) is 5.94. The average molecular weight is 394 g/mol. The Morgan fingerprint density at radius 1 is 1.14 bits per heavy atom. The van der Waals surface area contributed by atoms with Gasteiger partial charge in [0.2, 0.25) is 0 Å². The molecule has 0 amide bonds. The molecule has 2 aliphatic rings. The van der Waals surface area contributed by atoms with E-state index >= 15 is 0 Å². The lowest BCUT2D eigenvalue weighted by Crippen LogP contribution is -2.37. The monoisotopic (exact) mass is 393 g/mol. The second kappa shape index (κ2) is 7.17. The highest BCUT2D eigenvalue weighted by molar-refractivity contribution is 7.19. The largest absolute Gasteiger partial charge is 0.481 e. The average Bonchev–Trinajstić information content (AvgIpc) is 3.29. The molecule has 1 saturated heterocycles. The summed E-state index contributed by atoms with van der Waals surface area (Å²) in [4.78, 5) is 26.1. The van der Waals surface area contributed by atoms with Crippen LogP contribution in [0.2, 0.25) is 0 Å². The first-order valence-electron chi connectivity index (χ1n) is 10.0. The first kappa shape index (κ1) is 17.6. The number of anilines is 1. The van der Waals surface area contributed by atoms with Crippen LogP contribution >= 0.6 is 11.3 Å². The number of piperidine rings is 1. The van der Waals surface area contributed by atoms with E-state index in [2.05, 4.69) is 17.0 Å². The number of aromatic nitrogens is 2. The number of aryl methyl sites for hydroxylation is 2. The molecule has 1 N–H and O–H groups in total. The van der Waals surface area contributed by atoms with Crippen LogP contribution in [-0.2, 0) is 24.1 Å². The number of hydrogen-bond acceptors (Lipinski definition) is 5. The lowest BCUT2D eigenvalue weighted by molar-refractivity contribution is -0.142. The molecule has 6 heteroatoms. The van der Waals surface area contributed by atoms with Crippen LogP contribution in [0.5, 0.6) is 0 Å². The van der Waals surface area contributed by atoms with Crippen LogP contribution in [0.3, 0.4) is 0 Å². The molecule has 2 aromatic heterocycles. The summed E-state index contributed by atoms with van der Waals surface area (Å²) in [7, 11) is 0. The molecule has 0 radical (unpaired) electrons. The van der Waals surface area contributed by atoms with Crippen LogP contribution < -0.4 is 4.90 Å². The third kappa shape index (κ3) is 3.15. The normalized spacial score (nSPS) is 17.2. The van der Waals surface area contributed by atoms with Gasteiger partial charge >= 0.3 is 5.97 Å². The van der Waals surface area contributed by atoms with Crippen molar-refractivity contribution < 1.29 is 9.90 Å². The lowest BCUT2D eigenvalue weighted by atomic mass is 9.97. The summed E-state index contributed by atoms with van der Waals surface area (Å²) in [6.07, 6.45) is 5.55. The van der Waals surface area contributed by atoms with Crippen LogP contribution in [0, 0.1) is 5.92 Å². The number of aliphatic carboxylic acids is 1. The number of rotatable bonds is 4. The minimum absolute atomic E-state index is 0.231. The van der Waals surface area contributed by atoms with E-state index in [0.29, 0.717) is 12.8 Å². The van der Waals surface area contributed by atoms with Gasteiger partial charge in [0.15, 0.2) is 0 Å². The van der Waals surface area contributed by atoms with Crippen molar-refractivity contribution in [3.8, 4) is 0 Å². The van der Waals surface area contributed by atoms with Gasteiger partial charge in [-0.25, -0.2) is 9.97 Å². The molecule has 5 rings (SSSR count). The smallest absolute Gasteiger partial charge is 0.306 e. The second-order valence-corrected chi connectivity index (χ2v) is 8.85. The highest BCUT2D eigenvalue weighted by Crippen LogP contribution is 2.41. The van der Waals surface area contributed by atoms with Gasteiger partial charge in [0.25, 0.3) is 0 Å². The summed E-state index contributed by atoms with van der Waals surface area (Å²) in [5.74, 6) is 0.979. The Hall–Kier alpha value is -2.47. The molecule has 5 nitrogen and oxygen atoms in total. The molecule has 3 heterocycles. The predicted octanol–water partition coefficient (Wildman–Crippen LogP) is 4.07. The van der Waals surface area contributed by atoms with E-state index in [9.17, 15) is 9.90 Å². The van der Waals surface area contributed by atoms with Crippen molar-refractivity contribution in [3.63, 3.8) is 0 Å². The van der Waals surface area contributed by atoms with E-state index < -0.39 is 5.97 Å².